The van der Waals surface area contributed by atoms with Gasteiger partial charge < -0.3 is 13.7 Å². The second kappa shape index (κ2) is 12.6. The summed E-state index contributed by atoms with van der Waals surface area (Å²) in [5, 5.41) is 6.74. The molecule has 0 amide bonds. The van der Waals surface area contributed by atoms with Crippen molar-refractivity contribution in [1.82, 2.24) is 0 Å². The minimum atomic E-state index is 0.846. The third-order valence-electron chi connectivity index (χ3n) is 10.9. The molecule has 3 nitrogen and oxygen atoms in total. The summed E-state index contributed by atoms with van der Waals surface area (Å²) >= 11 is 0. The maximum atomic E-state index is 6.77. The highest BCUT2D eigenvalue weighted by Crippen LogP contribution is 2.49. The van der Waals surface area contributed by atoms with Crippen molar-refractivity contribution < 1.29 is 8.83 Å². The van der Waals surface area contributed by atoms with Crippen LogP contribution in [-0.4, -0.2) is 0 Å². The van der Waals surface area contributed by atoms with Gasteiger partial charge in [0.05, 0.1) is 22.1 Å². The van der Waals surface area contributed by atoms with Crippen molar-refractivity contribution in [2.45, 2.75) is 0 Å². The first kappa shape index (κ1) is 31.2. The minimum absolute atomic E-state index is 0.846. The van der Waals surface area contributed by atoms with Gasteiger partial charge in [-0.15, -0.1) is 0 Å². The second-order valence-corrected chi connectivity index (χ2v) is 14.0. The lowest BCUT2D eigenvalue weighted by Crippen LogP contribution is -2.11. The second-order valence-electron chi connectivity index (χ2n) is 14.0. The maximum Gasteiger partial charge on any atom is 0.145 e. The average Bonchev–Trinajstić information content (AvgIpc) is 3.84. The number of hydrogen-bond acceptors (Lipinski definition) is 3. The molecule has 0 unspecified atom stereocenters. The van der Waals surface area contributed by atoms with Gasteiger partial charge in [-0.05, 0) is 87.1 Å². The van der Waals surface area contributed by atoms with E-state index in [4.69, 9.17) is 8.83 Å². The van der Waals surface area contributed by atoms with Crippen molar-refractivity contribution in [3.8, 4) is 33.4 Å². The van der Waals surface area contributed by atoms with Crippen LogP contribution in [0.1, 0.15) is 0 Å². The number of anilines is 3. The molecule has 0 aliphatic rings. The van der Waals surface area contributed by atoms with Gasteiger partial charge in [-0.3, -0.25) is 0 Å². The first-order valence-electron chi connectivity index (χ1n) is 18.7. The van der Waals surface area contributed by atoms with Crippen molar-refractivity contribution in [1.29, 1.82) is 0 Å². The van der Waals surface area contributed by atoms with Crippen LogP contribution >= 0.6 is 0 Å². The smallest absolute Gasteiger partial charge is 0.145 e. The van der Waals surface area contributed by atoms with E-state index in [1.807, 2.05) is 18.2 Å². The number of hydrogen-bond donors (Lipinski definition) is 0. The van der Waals surface area contributed by atoms with Gasteiger partial charge >= 0.3 is 0 Å². The lowest BCUT2D eigenvalue weighted by atomic mass is 9.89. The highest BCUT2D eigenvalue weighted by atomic mass is 16.3. The standard InChI is InChI=1S/C52H33NO2/c1-3-14-34(15-4-1)41-32-33-45(51-43-21-10-12-24-47(43)55-52(41)51)53(44-22-13-25-48-50(44)42-20-9-11-23-46(42)54-48)38-29-26-36(27-30-38)40-31-28-35-16-7-8-19-39(35)49(40)37-17-5-2-6-18-37/h1-33H. The summed E-state index contributed by atoms with van der Waals surface area (Å²) in [6.45, 7) is 0. The Hall–Kier alpha value is -7.36. The highest BCUT2D eigenvalue weighted by Gasteiger charge is 2.25. The normalized spacial score (nSPS) is 11.6. The molecule has 0 N–H and O–H groups in total. The van der Waals surface area contributed by atoms with Crippen molar-refractivity contribution in [3.05, 3.63) is 200 Å². The Kier molecular flexibility index (Phi) is 7.17. The molecule has 2 aromatic heterocycles. The van der Waals surface area contributed by atoms with Crippen LogP contribution in [0.25, 0.3) is 88.0 Å². The van der Waals surface area contributed by atoms with Gasteiger partial charge in [-0.25, -0.2) is 0 Å². The summed E-state index contributed by atoms with van der Waals surface area (Å²) in [4.78, 5) is 2.38. The number of para-hydroxylation sites is 2. The molecule has 0 spiro atoms. The fourth-order valence-corrected chi connectivity index (χ4v) is 8.41. The molecule has 2 heterocycles. The molecule has 11 aromatic rings. The molecule has 0 saturated carbocycles. The molecule has 0 fully saturated rings. The lowest BCUT2D eigenvalue weighted by Gasteiger charge is -2.27. The largest absolute Gasteiger partial charge is 0.456 e. The lowest BCUT2D eigenvalue weighted by molar-refractivity contribution is 0.669. The molecule has 0 aliphatic carbocycles. The molecule has 55 heavy (non-hydrogen) atoms. The Labute approximate surface area is 317 Å². The Balaban J connectivity index is 1.17. The summed E-state index contributed by atoms with van der Waals surface area (Å²) in [6, 6.07) is 70.9. The van der Waals surface area contributed by atoms with Gasteiger partial charge in [-0.1, -0.05) is 152 Å². The van der Waals surface area contributed by atoms with E-state index in [-0.39, 0.29) is 0 Å². The average molecular weight is 704 g/mol. The summed E-state index contributed by atoms with van der Waals surface area (Å²) in [5.74, 6) is 0. The summed E-state index contributed by atoms with van der Waals surface area (Å²) < 4.78 is 13.2. The summed E-state index contributed by atoms with van der Waals surface area (Å²) in [6.07, 6.45) is 0. The van der Waals surface area contributed by atoms with Crippen LogP contribution in [0.2, 0.25) is 0 Å². The third-order valence-corrected chi connectivity index (χ3v) is 10.9. The first-order chi connectivity index (χ1) is 27.3. The van der Waals surface area contributed by atoms with E-state index in [2.05, 4.69) is 187 Å². The van der Waals surface area contributed by atoms with Crippen LogP contribution in [0.15, 0.2) is 209 Å². The van der Waals surface area contributed by atoms with Crippen LogP contribution in [0.4, 0.5) is 17.1 Å². The van der Waals surface area contributed by atoms with E-state index in [0.717, 1.165) is 77.6 Å². The quantitative estimate of drug-likeness (QED) is 0.173. The Morgan fingerprint density at radius 2 is 0.891 bits per heavy atom. The molecule has 0 radical (unpaired) electrons. The molecule has 0 atom stereocenters. The van der Waals surface area contributed by atoms with Crippen LogP contribution in [0.5, 0.6) is 0 Å². The Morgan fingerprint density at radius 1 is 0.327 bits per heavy atom. The van der Waals surface area contributed by atoms with Gasteiger partial charge in [0, 0.05) is 22.0 Å². The maximum absolute atomic E-state index is 6.77. The third kappa shape index (κ3) is 5.05. The van der Waals surface area contributed by atoms with E-state index < -0.39 is 0 Å². The predicted octanol–water partition coefficient (Wildman–Crippen LogP) is 15.1. The molecule has 0 aliphatic heterocycles. The van der Waals surface area contributed by atoms with Crippen molar-refractivity contribution in [3.63, 3.8) is 0 Å². The monoisotopic (exact) mass is 703 g/mol. The minimum Gasteiger partial charge on any atom is -0.456 e. The van der Waals surface area contributed by atoms with E-state index in [1.165, 1.54) is 27.5 Å². The van der Waals surface area contributed by atoms with E-state index in [9.17, 15) is 0 Å². The van der Waals surface area contributed by atoms with E-state index in [1.54, 1.807) is 0 Å². The Bertz CT molecular complexity index is 3190. The van der Waals surface area contributed by atoms with Crippen LogP contribution in [-0.2, 0) is 0 Å². The van der Waals surface area contributed by atoms with E-state index in [0.29, 0.717) is 0 Å². The SMILES string of the molecule is c1ccc(-c2c(-c3ccc(N(c4cccc5oc6ccccc6c45)c4ccc(-c5ccccc5)c5oc6ccccc6c45)cc3)ccc3ccccc23)cc1. The molecular weight excluding hydrogens is 671 g/mol. The number of nitrogens with zero attached hydrogens (tertiary/aromatic N) is 1. The van der Waals surface area contributed by atoms with Crippen molar-refractivity contribution >= 4 is 71.7 Å². The zero-order valence-electron chi connectivity index (χ0n) is 29.8. The molecular formula is C52H33NO2. The molecule has 0 bridgehead atoms. The van der Waals surface area contributed by atoms with Crippen molar-refractivity contribution in [2.75, 3.05) is 4.90 Å². The van der Waals surface area contributed by atoms with Crippen molar-refractivity contribution in [2.24, 2.45) is 0 Å². The molecule has 9 aromatic carbocycles. The van der Waals surface area contributed by atoms with Gasteiger partial charge in [0.1, 0.15) is 22.3 Å². The summed E-state index contributed by atoms with van der Waals surface area (Å²) in [5.41, 5.74) is 13.5. The highest BCUT2D eigenvalue weighted by molar-refractivity contribution is 6.20. The molecule has 3 heteroatoms. The zero-order chi connectivity index (χ0) is 36.3. The van der Waals surface area contributed by atoms with Crippen LogP contribution < -0.4 is 4.90 Å². The molecule has 11 rings (SSSR count). The topological polar surface area (TPSA) is 29.5 Å². The zero-order valence-corrected chi connectivity index (χ0v) is 29.8. The number of benzene rings is 9. The summed E-state index contributed by atoms with van der Waals surface area (Å²) in [7, 11) is 0. The number of fused-ring (bicyclic) bond motifs is 7. The number of furan rings is 2. The van der Waals surface area contributed by atoms with Crippen LogP contribution in [0.3, 0.4) is 0 Å². The molecule has 0 saturated heterocycles. The number of rotatable bonds is 6. The van der Waals surface area contributed by atoms with Gasteiger partial charge in [0.2, 0.25) is 0 Å². The van der Waals surface area contributed by atoms with Gasteiger partial charge in [0.15, 0.2) is 0 Å². The molecule has 258 valence electrons. The fourth-order valence-electron chi connectivity index (χ4n) is 8.41. The first-order valence-corrected chi connectivity index (χ1v) is 18.7. The van der Waals surface area contributed by atoms with E-state index >= 15 is 0 Å². The van der Waals surface area contributed by atoms with Gasteiger partial charge in [-0.2, -0.15) is 0 Å². The Morgan fingerprint density at radius 3 is 1.65 bits per heavy atom. The fraction of sp³-hybridized carbons (Fsp3) is 0. The predicted molar refractivity (Wildman–Crippen MR) is 229 cm³/mol. The van der Waals surface area contributed by atoms with Crippen LogP contribution in [0, 0.1) is 0 Å². The van der Waals surface area contributed by atoms with Gasteiger partial charge in [0.25, 0.3) is 0 Å².